The van der Waals surface area contributed by atoms with Crippen LogP contribution in [0.5, 0.6) is 0 Å². The monoisotopic (exact) mass is 358 g/mol. The van der Waals surface area contributed by atoms with Crippen LogP contribution in [0.2, 0.25) is 5.02 Å². The third-order valence-electron chi connectivity index (χ3n) is 4.32. The summed E-state index contributed by atoms with van der Waals surface area (Å²) in [6.45, 7) is 0. The molecule has 26 heavy (non-hydrogen) atoms. The number of hydrogen-bond acceptors (Lipinski definition) is 3. The van der Waals surface area contributed by atoms with E-state index in [-0.39, 0.29) is 0 Å². The predicted molar refractivity (Wildman–Crippen MR) is 105 cm³/mol. The summed E-state index contributed by atoms with van der Waals surface area (Å²) >= 11 is 6.36. The van der Waals surface area contributed by atoms with Crippen LogP contribution >= 0.6 is 11.6 Å². The van der Waals surface area contributed by atoms with Gasteiger partial charge in [-0.05, 0) is 6.07 Å². The fourth-order valence-electron chi connectivity index (χ4n) is 3.06. The van der Waals surface area contributed by atoms with E-state index in [9.17, 15) is 4.79 Å². The first-order valence-corrected chi connectivity index (χ1v) is 8.63. The molecule has 0 aliphatic carbocycles. The molecule has 3 nitrogen and oxygen atoms in total. The van der Waals surface area contributed by atoms with E-state index in [1.54, 1.807) is 12.1 Å². The van der Waals surface area contributed by atoms with Crippen LogP contribution in [-0.4, -0.2) is 17.7 Å². The molecule has 0 fully saturated rings. The Kier molecular flexibility index (Phi) is 4.23. The maximum atomic E-state index is 12.2. The smallest absolute Gasteiger partial charge is 0.233 e. The van der Waals surface area contributed by atoms with Crippen LogP contribution in [-0.2, 0) is 10.5 Å². The van der Waals surface area contributed by atoms with Gasteiger partial charge < -0.3 is 0 Å². The Morgan fingerprint density at radius 2 is 1.15 bits per heavy atom. The first-order chi connectivity index (χ1) is 12.7. The molecule has 3 aromatic rings. The van der Waals surface area contributed by atoms with Gasteiger partial charge in [0.25, 0.3) is 0 Å². The Morgan fingerprint density at radius 1 is 0.692 bits per heavy atom. The van der Waals surface area contributed by atoms with Crippen LogP contribution in [0.15, 0.2) is 94.9 Å². The van der Waals surface area contributed by atoms with Gasteiger partial charge >= 0.3 is 0 Å². The second-order valence-electron chi connectivity index (χ2n) is 5.98. The highest BCUT2D eigenvalue weighted by Crippen LogP contribution is 2.36. The van der Waals surface area contributed by atoms with E-state index in [4.69, 9.17) is 21.6 Å². The number of hydrogen-bond donors (Lipinski definition) is 0. The van der Waals surface area contributed by atoms with E-state index in [0.717, 1.165) is 17.4 Å². The van der Waals surface area contributed by atoms with Gasteiger partial charge in [0.05, 0.1) is 11.4 Å². The molecule has 0 spiro atoms. The van der Waals surface area contributed by atoms with Gasteiger partial charge in [-0.25, -0.2) is 9.98 Å². The molecule has 0 N–H and O–H groups in total. The Labute approximate surface area is 156 Å². The predicted octanol–water partition coefficient (Wildman–Crippen LogP) is 4.68. The second kappa shape index (κ2) is 6.70. The van der Waals surface area contributed by atoms with Crippen LogP contribution < -0.4 is 0 Å². The molecule has 4 heteroatoms. The summed E-state index contributed by atoms with van der Waals surface area (Å²) in [5.41, 5.74) is 2.40. The number of carbonyl (C=O) groups excluding carboxylic acids is 1. The molecule has 1 heterocycles. The second-order valence-corrected chi connectivity index (χ2v) is 6.38. The molecule has 0 saturated heterocycles. The summed E-state index contributed by atoms with van der Waals surface area (Å²) in [5, 5.41) is 0.467. The standard InChI is InChI=1S/C22H15ClN2O/c23-19-14-8-7-13-18(19)22(15-26)24-20(16-9-3-1-4-10-16)21(25-22)17-11-5-2-6-12-17/h1-15H. The lowest BCUT2D eigenvalue weighted by Gasteiger charge is -2.17. The summed E-state index contributed by atoms with van der Waals surface area (Å²) in [5.74, 6) is 0. The van der Waals surface area contributed by atoms with Crippen LogP contribution in [0.1, 0.15) is 16.7 Å². The molecule has 3 aromatic carbocycles. The molecule has 126 valence electrons. The normalized spacial score (nSPS) is 15.3. The Bertz CT molecular complexity index is 955. The van der Waals surface area contributed by atoms with E-state index >= 15 is 0 Å². The zero-order valence-corrected chi connectivity index (χ0v) is 14.6. The van der Waals surface area contributed by atoms with Gasteiger partial charge in [-0.15, -0.1) is 0 Å². The van der Waals surface area contributed by atoms with Gasteiger partial charge in [0.15, 0.2) is 6.29 Å². The van der Waals surface area contributed by atoms with Crippen molar-refractivity contribution >= 4 is 29.3 Å². The van der Waals surface area contributed by atoms with Crippen molar-refractivity contribution in [2.75, 3.05) is 0 Å². The molecule has 0 unspecified atom stereocenters. The average Bonchev–Trinajstić information content (AvgIpc) is 3.11. The van der Waals surface area contributed by atoms with Crippen molar-refractivity contribution in [2.24, 2.45) is 9.98 Å². The van der Waals surface area contributed by atoms with Gasteiger partial charge in [-0.1, -0.05) is 90.5 Å². The minimum atomic E-state index is -1.37. The van der Waals surface area contributed by atoms with Crippen molar-refractivity contribution in [1.29, 1.82) is 0 Å². The average molecular weight is 359 g/mol. The van der Waals surface area contributed by atoms with Crippen LogP contribution in [0.25, 0.3) is 0 Å². The molecule has 0 bridgehead atoms. The number of rotatable bonds is 4. The quantitative estimate of drug-likeness (QED) is 0.624. The number of aliphatic imine (C=N–C) groups is 2. The molecule has 4 rings (SSSR count). The summed E-state index contributed by atoms with van der Waals surface area (Å²) in [6, 6.07) is 26.7. The van der Waals surface area contributed by atoms with Gasteiger partial charge in [0, 0.05) is 21.7 Å². The zero-order chi connectivity index (χ0) is 18.0. The maximum Gasteiger partial charge on any atom is 0.233 e. The first kappa shape index (κ1) is 16.4. The van der Waals surface area contributed by atoms with Gasteiger partial charge in [-0.3, -0.25) is 4.79 Å². The maximum absolute atomic E-state index is 12.2. The van der Waals surface area contributed by atoms with Crippen molar-refractivity contribution in [3.8, 4) is 0 Å². The van der Waals surface area contributed by atoms with Crippen molar-refractivity contribution < 1.29 is 4.79 Å². The lowest BCUT2D eigenvalue weighted by Crippen LogP contribution is -2.21. The zero-order valence-electron chi connectivity index (χ0n) is 13.8. The molecule has 1 aliphatic rings. The van der Waals surface area contributed by atoms with Crippen LogP contribution in [0.4, 0.5) is 0 Å². The van der Waals surface area contributed by atoms with E-state index < -0.39 is 5.66 Å². The van der Waals surface area contributed by atoms with Gasteiger partial charge in [0.1, 0.15) is 0 Å². The fraction of sp³-hybridized carbons (Fsp3) is 0.0455. The third kappa shape index (κ3) is 2.76. The third-order valence-corrected chi connectivity index (χ3v) is 4.65. The van der Waals surface area contributed by atoms with E-state index in [1.807, 2.05) is 72.8 Å². The first-order valence-electron chi connectivity index (χ1n) is 8.26. The van der Waals surface area contributed by atoms with Crippen molar-refractivity contribution in [2.45, 2.75) is 5.66 Å². The largest absolute Gasteiger partial charge is 0.298 e. The number of aldehydes is 1. The number of carbonyl (C=O) groups is 1. The van der Waals surface area contributed by atoms with Crippen molar-refractivity contribution in [3.63, 3.8) is 0 Å². The van der Waals surface area contributed by atoms with Gasteiger partial charge in [-0.2, -0.15) is 0 Å². The molecular formula is C22H15ClN2O. The van der Waals surface area contributed by atoms with E-state index in [1.165, 1.54) is 0 Å². The minimum Gasteiger partial charge on any atom is -0.298 e. The van der Waals surface area contributed by atoms with Crippen LogP contribution in [0.3, 0.4) is 0 Å². The SMILES string of the molecule is O=CC1(c2ccccc2Cl)N=C(c2ccccc2)C(c2ccccc2)=N1. The molecule has 0 amide bonds. The molecule has 0 radical (unpaired) electrons. The Morgan fingerprint density at radius 3 is 1.62 bits per heavy atom. The molecule has 1 aliphatic heterocycles. The van der Waals surface area contributed by atoms with Crippen molar-refractivity contribution in [1.82, 2.24) is 0 Å². The fourth-order valence-corrected chi connectivity index (χ4v) is 3.34. The van der Waals surface area contributed by atoms with Crippen molar-refractivity contribution in [3.05, 3.63) is 107 Å². The highest BCUT2D eigenvalue weighted by molar-refractivity contribution is 6.55. The number of halogens is 1. The highest BCUT2D eigenvalue weighted by Gasteiger charge is 2.40. The Hall–Kier alpha value is -3.04. The summed E-state index contributed by atoms with van der Waals surface area (Å²) < 4.78 is 0. The summed E-state index contributed by atoms with van der Waals surface area (Å²) in [7, 11) is 0. The number of benzene rings is 3. The highest BCUT2D eigenvalue weighted by atomic mass is 35.5. The summed E-state index contributed by atoms with van der Waals surface area (Å²) in [4.78, 5) is 21.7. The topological polar surface area (TPSA) is 41.8 Å². The van der Waals surface area contributed by atoms with E-state index in [0.29, 0.717) is 22.0 Å². The minimum absolute atomic E-state index is 0.467. The van der Waals surface area contributed by atoms with Crippen LogP contribution in [0, 0.1) is 0 Å². The van der Waals surface area contributed by atoms with E-state index in [2.05, 4.69) is 0 Å². The molecule has 0 atom stereocenters. The lowest BCUT2D eigenvalue weighted by molar-refractivity contribution is -0.112. The number of nitrogens with zero attached hydrogens (tertiary/aromatic N) is 2. The summed E-state index contributed by atoms with van der Waals surface area (Å²) in [6.07, 6.45) is 0.757. The van der Waals surface area contributed by atoms with Gasteiger partial charge in [0.2, 0.25) is 5.66 Å². The molecular weight excluding hydrogens is 344 g/mol. The molecule has 0 aromatic heterocycles. The Balaban J connectivity index is 1.97. The molecule has 0 saturated carbocycles. The lowest BCUT2D eigenvalue weighted by atomic mass is 10.0.